The van der Waals surface area contributed by atoms with E-state index in [1.54, 1.807) is 22.8 Å². The Kier molecular flexibility index (Phi) is 4.04. The van der Waals surface area contributed by atoms with Crippen LogP contribution in [-0.2, 0) is 16.6 Å². The SMILES string of the molecule is Cc1ccsc1CNS(=O)(=O)c1sccc1Br. The molecule has 0 saturated carbocycles. The maximum atomic E-state index is 12.0. The van der Waals surface area contributed by atoms with E-state index in [-0.39, 0.29) is 0 Å². The number of hydrogen-bond donors (Lipinski definition) is 1. The summed E-state index contributed by atoms with van der Waals surface area (Å²) in [7, 11) is -3.41. The normalized spacial score (nSPS) is 11.9. The molecule has 2 heterocycles. The highest BCUT2D eigenvalue weighted by atomic mass is 79.9. The van der Waals surface area contributed by atoms with Crippen LogP contribution in [0.15, 0.2) is 31.6 Å². The van der Waals surface area contributed by atoms with Crippen LogP contribution in [0.2, 0.25) is 0 Å². The van der Waals surface area contributed by atoms with Gasteiger partial charge >= 0.3 is 0 Å². The molecule has 1 N–H and O–H groups in total. The van der Waals surface area contributed by atoms with Gasteiger partial charge in [0.2, 0.25) is 0 Å². The van der Waals surface area contributed by atoms with Crippen molar-refractivity contribution in [3.8, 4) is 0 Å². The highest BCUT2D eigenvalue weighted by Crippen LogP contribution is 2.27. The Hall–Kier alpha value is -0.210. The van der Waals surface area contributed by atoms with E-state index in [0.717, 1.165) is 10.4 Å². The molecule has 0 unspecified atom stereocenters. The Bertz CT molecular complexity index is 615. The molecule has 0 amide bonds. The van der Waals surface area contributed by atoms with Crippen LogP contribution in [-0.4, -0.2) is 8.42 Å². The van der Waals surface area contributed by atoms with E-state index in [0.29, 0.717) is 15.2 Å². The molecule has 0 radical (unpaired) electrons. The van der Waals surface area contributed by atoms with Gasteiger partial charge in [0.05, 0.1) is 0 Å². The monoisotopic (exact) mass is 351 g/mol. The van der Waals surface area contributed by atoms with E-state index in [2.05, 4.69) is 20.7 Å². The summed E-state index contributed by atoms with van der Waals surface area (Å²) >= 11 is 5.99. The third-order valence-electron chi connectivity index (χ3n) is 2.22. The van der Waals surface area contributed by atoms with Crippen molar-refractivity contribution in [3.05, 3.63) is 37.8 Å². The van der Waals surface area contributed by atoms with Crippen molar-refractivity contribution in [2.45, 2.75) is 17.7 Å². The van der Waals surface area contributed by atoms with Crippen molar-refractivity contribution >= 4 is 48.6 Å². The number of rotatable bonds is 4. The lowest BCUT2D eigenvalue weighted by Gasteiger charge is -2.04. The first kappa shape index (κ1) is 13.2. The topological polar surface area (TPSA) is 46.2 Å². The number of sulfonamides is 1. The van der Waals surface area contributed by atoms with Crippen LogP contribution in [0, 0.1) is 6.92 Å². The average Bonchev–Trinajstić information content (AvgIpc) is 2.85. The minimum Gasteiger partial charge on any atom is -0.206 e. The van der Waals surface area contributed by atoms with Gasteiger partial charge in [0.15, 0.2) is 0 Å². The molecule has 2 rings (SSSR count). The van der Waals surface area contributed by atoms with Crippen molar-refractivity contribution in [2.75, 3.05) is 0 Å². The molecule has 0 bridgehead atoms. The molecule has 2 aromatic rings. The molecule has 3 nitrogen and oxygen atoms in total. The van der Waals surface area contributed by atoms with E-state index in [9.17, 15) is 8.42 Å². The van der Waals surface area contributed by atoms with Gasteiger partial charge in [0.1, 0.15) is 4.21 Å². The second kappa shape index (κ2) is 5.19. The highest BCUT2D eigenvalue weighted by Gasteiger charge is 2.19. The van der Waals surface area contributed by atoms with Crippen LogP contribution >= 0.6 is 38.6 Å². The summed E-state index contributed by atoms with van der Waals surface area (Å²) < 4.78 is 27.5. The molecule has 0 fully saturated rings. The first-order chi connectivity index (χ1) is 8.00. The molecular formula is C10H10BrNO2S3. The Morgan fingerprint density at radius 2 is 2.00 bits per heavy atom. The number of halogens is 1. The predicted octanol–water partition coefficient (Wildman–Crippen LogP) is 3.36. The van der Waals surface area contributed by atoms with Gasteiger partial charge in [-0.3, -0.25) is 0 Å². The fraction of sp³-hybridized carbons (Fsp3) is 0.200. The predicted molar refractivity (Wildman–Crippen MR) is 75.1 cm³/mol. The molecular weight excluding hydrogens is 342 g/mol. The molecule has 2 aromatic heterocycles. The Balaban J connectivity index is 2.15. The lowest BCUT2D eigenvalue weighted by molar-refractivity contribution is 0.583. The fourth-order valence-corrected chi connectivity index (χ4v) is 5.60. The lowest BCUT2D eigenvalue weighted by atomic mass is 10.3. The van der Waals surface area contributed by atoms with Gasteiger partial charge in [-0.1, -0.05) is 0 Å². The Morgan fingerprint density at radius 1 is 1.29 bits per heavy atom. The highest BCUT2D eigenvalue weighted by molar-refractivity contribution is 9.10. The van der Waals surface area contributed by atoms with Crippen molar-refractivity contribution in [1.82, 2.24) is 4.72 Å². The van der Waals surface area contributed by atoms with Gasteiger partial charge in [-0.2, -0.15) is 0 Å². The van der Waals surface area contributed by atoms with Gasteiger partial charge < -0.3 is 0 Å². The van der Waals surface area contributed by atoms with Crippen LogP contribution in [0.4, 0.5) is 0 Å². The maximum absolute atomic E-state index is 12.0. The molecule has 0 aliphatic heterocycles. The van der Waals surface area contributed by atoms with Crippen LogP contribution in [0.1, 0.15) is 10.4 Å². The smallest absolute Gasteiger partial charge is 0.206 e. The third kappa shape index (κ3) is 2.97. The molecule has 7 heteroatoms. The quantitative estimate of drug-likeness (QED) is 0.917. The number of aryl methyl sites for hydroxylation is 1. The summed E-state index contributed by atoms with van der Waals surface area (Å²) in [5.41, 5.74) is 1.11. The molecule has 0 aliphatic rings. The van der Waals surface area contributed by atoms with Crippen LogP contribution in [0.25, 0.3) is 0 Å². The van der Waals surface area contributed by atoms with Gasteiger partial charge in [0, 0.05) is 15.9 Å². The van der Waals surface area contributed by atoms with E-state index >= 15 is 0 Å². The number of hydrogen-bond acceptors (Lipinski definition) is 4. The average molecular weight is 352 g/mol. The summed E-state index contributed by atoms with van der Waals surface area (Å²) in [4.78, 5) is 1.04. The first-order valence-corrected chi connectivity index (χ1v) is 8.80. The molecule has 0 saturated heterocycles. The van der Waals surface area contributed by atoms with Crippen molar-refractivity contribution in [1.29, 1.82) is 0 Å². The van der Waals surface area contributed by atoms with Crippen LogP contribution in [0.5, 0.6) is 0 Å². The van der Waals surface area contributed by atoms with E-state index in [4.69, 9.17) is 0 Å². The van der Waals surface area contributed by atoms with E-state index in [1.807, 2.05) is 18.4 Å². The second-order valence-corrected chi connectivity index (χ2v) is 8.14. The third-order valence-corrected chi connectivity index (χ3v) is 7.31. The van der Waals surface area contributed by atoms with Crippen molar-refractivity contribution in [3.63, 3.8) is 0 Å². The summed E-state index contributed by atoms with van der Waals surface area (Å²) in [5, 5.41) is 3.70. The van der Waals surface area contributed by atoms with Gasteiger partial charge in [-0.05, 0) is 51.3 Å². The summed E-state index contributed by atoms with van der Waals surface area (Å²) in [6.07, 6.45) is 0. The van der Waals surface area contributed by atoms with Crippen LogP contribution < -0.4 is 4.72 Å². The molecule has 0 aromatic carbocycles. The zero-order chi connectivity index (χ0) is 12.5. The largest absolute Gasteiger partial charge is 0.251 e. The molecule has 92 valence electrons. The summed E-state index contributed by atoms with van der Waals surface area (Å²) in [5.74, 6) is 0. The van der Waals surface area contributed by atoms with Gasteiger partial charge in [0.25, 0.3) is 10.0 Å². The van der Waals surface area contributed by atoms with Gasteiger partial charge in [-0.25, -0.2) is 13.1 Å². The van der Waals surface area contributed by atoms with E-state index in [1.165, 1.54) is 11.3 Å². The summed E-state index contributed by atoms with van der Waals surface area (Å²) in [6, 6.07) is 3.71. The maximum Gasteiger partial charge on any atom is 0.251 e. The van der Waals surface area contributed by atoms with E-state index < -0.39 is 10.0 Å². The Labute approximate surface area is 117 Å². The summed E-state index contributed by atoms with van der Waals surface area (Å²) in [6.45, 7) is 2.32. The molecule has 0 aliphatic carbocycles. The molecule has 0 atom stereocenters. The molecule has 0 spiro atoms. The standard InChI is InChI=1S/C10H10BrNO2S3/c1-7-2-4-15-9(7)6-12-17(13,14)10-8(11)3-5-16-10/h2-5,12H,6H2,1H3. The van der Waals surface area contributed by atoms with Crippen LogP contribution in [0.3, 0.4) is 0 Å². The zero-order valence-electron chi connectivity index (χ0n) is 8.94. The fourth-order valence-electron chi connectivity index (χ4n) is 1.28. The lowest BCUT2D eigenvalue weighted by Crippen LogP contribution is -2.22. The minimum absolute atomic E-state index is 0.326. The molecule has 17 heavy (non-hydrogen) atoms. The first-order valence-electron chi connectivity index (χ1n) is 4.76. The van der Waals surface area contributed by atoms with Crippen molar-refractivity contribution < 1.29 is 8.42 Å². The Morgan fingerprint density at radius 3 is 2.53 bits per heavy atom. The minimum atomic E-state index is -3.41. The number of thiophene rings is 2. The van der Waals surface area contributed by atoms with Crippen molar-refractivity contribution in [2.24, 2.45) is 0 Å². The second-order valence-electron chi connectivity index (χ2n) is 3.41. The number of nitrogens with one attached hydrogen (secondary N) is 1. The zero-order valence-corrected chi connectivity index (χ0v) is 13.0. The van der Waals surface area contributed by atoms with Gasteiger partial charge in [-0.15, -0.1) is 22.7 Å².